The lowest BCUT2D eigenvalue weighted by Crippen LogP contribution is -2.37. The number of nitrogens with two attached hydrogens (primary N) is 1. The van der Waals surface area contributed by atoms with E-state index in [1.54, 1.807) is 11.8 Å². The van der Waals surface area contributed by atoms with Crippen molar-refractivity contribution in [3.05, 3.63) is 36.0 Å². The summed E-state index contributed by atoms with van der Waals surface area (Å²) in [6, 6.07) is 9.79. The van der Waals surface area contributed by atoms with Crippen molar-refractivity contribution in [1.82, 2.24) is 9.97 Å². The normalized spacial score (nSPS) is 16.8. The number of hydrogen-bond donors (Lipinski definition) is 2. The van der Waals surface area contributed by atoms with Gasteiger partial charge in [-0.05, 0) is 43.4 Å². The van der Waals surface area contributed by atoms with E-state index < -0.39 is 0 Å². The first-order valence-electron chi connectivity index (χ1n) is 8.89. The lowest BCUT2D eigenvalue weighted by molar-refractivity contribution is 0.122. The highest BCUT2D eigenvalue weighted by Gasteiger charge is 2.15. The summed E-state index contributed by atoms with van der Waals surface area (Å²) in [5, 5.41) is 0.778. The number of hydrogen-bond acceptors (Lipinski definition) is 7. The van der Waals surface area contributed by atoms with Crippen LogP contribution in [0.3, 0.4) is 0 Å². The second-order valence-electron chi connectivity index (χ2n) is 6.43. The van der Waals surface area contributed by atoms with Crippen molar-refractivity contribution < 1.29 is 4.74 Å². The van der Waals surface area contributed by atoms with E-state index in [0.29, 0.717) is 0 Å². The first-order chi connectivity index (χ1) is 12.7. The predicted molar refractivity (Wildman–Crippen MR) is 114 cm³/mol. The summed E-state index contributed by atoms with van der Waals surface area (Å²) in [5.74, 6) is 2.61. The summed E-state index contributed by atoms with van der Waals surface area (Å²) in [6.07, 6.45) is 4.78. The molecule has 1 aliphatic heterocycles. The number of thiol groups is 1. The molecule has 26 heavy (non-hydrogen) atoms. The minimum atomic E-state index is 0.748. The molecule has 140 valence electrons. The molecule has 1 saturated carbocycles. The van der Waals surface area contributed by atoms with Gasteiger partial charge in [-0.15, -0.1) is 0 Å². The lowest BCUT2D eigenvalue weighted by atomic mass is 10.2. The Labute approximate surface area is 165 Å². The molecule has 2 N–H and O–H groups in total. The highest BCUT2D eigenvalue weighted by molar-refractivity contribution is 7.97. The molecule has 0 radical (unpaired) electrons. The molecule has 4 rings (SSSR count). The Morgan fingerprint density at radius 1 is 1.19 bits per heavy atom. The van der Waals surface area contributed by atoms with Crippen LogP contribution in [0.15, 0.2) is 30.3 Å². The van der Waals surface area contributed by atoms with Crippen LogP contribution in [0.5, 0.6) is 0 Å². The molecule has 1 aromatic carbocycles. The molecule has 7 heteroatoms. The number of nitrogens with zero attached hydrogens (tertiary/aromatic N) is 3. The smallest absolute Gasteiger partial charge is 0.161 e. The first-order valence-corrected chi connectivity index (χ1v) is 10.8. The Kier molecular flexibility index (Phi) is 7.05. The molecule has 1 saturated heterocycles. The fourth-order valence-electron chi connectivity index (χ4n) is 2.50. The molecular formula is C19H26N4OS2. The molecule has 1 aliphatic carbocycles. The van der Waals surface area contributed by atoms with Crippen LogP contribution in [0, 0.1) is 0 Å². The monoisotopic (exact) mass is 390 g/mol. The minimum absolute atomic E-state index is 0.748. The summed E-state index contributed by atoms with van der Waals surface area (Å²) in [5.41, 5.74) is 8.55. The molecule has 2 aromatic rings. The van der Waals surface area contributed by atoms with Gasteiger partial charge in [0.1, 0.15) is 5.82 Å². The van der Waals surface area contributed by atoms with E-state index in [2.05, 4.69) is 34.8 Å². The average Bonchev–Trinajstić information content (AvgIpc) is 3.46. The summed E-state index contributed by atoms with van der Waals surface area (Å²) >= 11 is 5.84. The number of aromatic nitrogens is 2. The molecule has 0 spiro atoms. The number of benzene rings is 1. The fraction of sp³-hybridized carbons (Fsp3) is 0.474. The maximum atomic E-state index is 5.76. The van der Waals surface area contributed by atoms with Crippen molar-refractivity contribution in [3.8, 4) is 11.4 Å². The van der Waals surface area contributed by atoms with Gasteiger partial charge in [0.05, 0.1) is 18.9 Å². The van der Waals surface area contributed by atoms with Gasteiger partial charge in [0, 0.05) is 41.4 Å². The minimum Gasteiger partial charge on any atom is -0.399 e. The van der Waals surface area contributed by atoms with E-state index in [9.17, 15) is 0 Å². The number of rotatable bonds is 4. The van der Waals surface area contributed by atoms with Crippen molar-refractivity contribution in [2.75, 3.05) is 43.2 Å². The van der Waals surface area contributed by atoms with E-state index in [-0.39, 0.29) is 0 Å². The van der Waals surface area contributed by atoms with Crippen molar-refractivity contribution in [1.29, 1.82) is 0 Å². The summed E-state index contributed by atoms with van der Waals surface area (Å²) in [7, 11) is 0. The van der Waals surface area contributed by atoms with Crippen LogP contribution in [0.2, 0.25) is 0 Å². The van der Waals surface area contributed by atoms with Crippen molar-refractivity contribution in [3.63, 3.8) is 0 Å². The Hall–Kier alpha value is -1.44. The Morgan fingerprint density at radius 3 is 2.42 bits per heavy atom. The second-order valence-corrected chi connectivity index (χ2v) is 8.02. The van der Waals surface area contributed by atoms with Crippen LogP contribution in [0.25, 0.3) is 11.4 Å². The van der Waals surface area contributed by atoms with Crippen LogP contribution in [-0.4, -0.2) is 47.8 Å². The Morgan fingerprint density at radius 2 is 1.85 bits per heavy atom. The second kappa shape index (κ2) is 9.48. The SMILES string of the molecule is CSCc1cc(N2CCOCC2)nc(-c2ccc(N)cc2)n1.SC1CC1. The predicted octanol–water partition coefficient (Wildman–Crippen LogP) is 3.50. The van der Waals surface area contributed by atoms with Crippen molar-refractivity contribution in [2.45, 2.75) is 23.8 Å². The van der Waals surface area contributed by atoms with E-state index in [4.69, 9.17) is 15.5 Å². The molecule has 1 aromatic heterocycles. The van der Waals surface area contributed by atoms with Gasteiger partial charge >= 0.3 is 0 Å². The van der Waals surface area contributed by atoms with Gasteiger partial charge in [-0.25, -0.2) is 9.97 Å². The van der Waals surface area contributed by atoms with E-state index in [1.165, 1.54) is 12.8 Å². The molecule has 0 unspecified atom stereocenters. The highest BCUT2D eigenvalue weighted by Crippen LogP contribution is 2.25. The zero-order valence-corrected chi connectivity index (χ0v) is 16.8. The molecule has 0 atom stereocenters. The molecular weight excluding hydrogens is 364 g/mol. The van der Waals surface area contributed by atoms with Crippen LogP contribution in [0.4, 0.5) is 11.5 Å². The van der Waals surface area contributed by atoms with E-state index in [0.717, 1.165) is 65.9 Å². The molecule has 0 bridgehead atoms. The summed E-state index contributed by atoms with van der Waals surface area (Å²) in [4.78, 5) is 11.7. The molecule has 5 nitrogen and oxygen atoms in total. The maximum Gasteiger partial charge on any atom is 0.161 e. The van der Waals surface area contributed by atoms with E-state index >= 15 is 0 Å². The Balaban J connectivity index is 0.000000433. The van der Waals surface area contributed by atoms with Crippen LogP contribution in [-0.2, 0) is 10.5 Å². The summed E-state index contributed by atoms with van der Waals surface area (Å²) in [6.45, 7) is 3.24. The number of ether oxygens (including phenoxy) is 1. The topological polar surface area (TPSA) is 64.3 Å². The van der Waals surface area contributed by atoms with Crippen LogP contribution < -0.4 is 10.6 Å². The number of thioether (sulfide) groups is 1. The van der Waals surface area contributed by atoms with Crippen molar-refractivity contribution >= 4 is 35.9 Å². The van der Waals surface area contributed by atoms with Gasteiger partial charge in [-0.1, -0.05) is 0 Å². The Bertz CT molecular complexity index is 701. The third-order valence-electron chi connectivity index (χ3n) is 4.11. The van der Waals surface area contributed by atoms with Gasteiger partial charge in [-0.3, -0.25) is 0 Å². The van der Waals surface area contributed by atoms with Crippen molar-refractivity contribution in [2.24, 2.45) is 0 Å². The number of nitrogen functional groups attached to an aromatic ring is 1. The largest absolute Gasteiger partial charge is 0.399 e. The van der Waals surface area contributed by atoms with Gasteiger partial charge < -0.3 is 15.4 Å². The molecule has 2 heterocycles. The lowest BCUT2D eigenvalue weighted by Gasteiger charge is -2.28. The van der Waals surface area contributed by atoms with Gasteiger partial charge in [-0.2, -0.15) is 24.4 Å². The quantitative estimate of drug-likeness (QED) is 0.615. The van der Waals surface area contributed by atoms with Crippen LogP contribution in [0.1, 0.15) is 18.5 Å². The summed E-state index contributed by atoms with van der Waals surface area (Å²) < 4.78 is 5.42. The van der Waals surface area contributed by atoms with Gasteiger partial charge in [0.15, 0.2) is 5.82 Å². The van der Waals surface area contributed by atoms with E-state index in [1.807, 2.05) is 24.3 Å². The first kappa shape index (κ1) is 19.3. The number of morpholine rings is 1. The van der Waals surface area contributed by atoms with Gasteiger partial charge in [0.2, 0.25) is 0 Å². The number of anilines is 2. The van der Waals surface area contributed by atoms with Crippen LogP contribution >= 0.6 is 24.4 Å². The molecule has 2 fully saturated rings. The molecule has 0 amide bonds. The highest BCUT2D eigenvalue weighted by atomic mass is 32.2. The zero-order valence-electron chi connectivity index (χ0n) is 15.1. The average molecular weight is 391 g/mol. The maximum absolute atomic E-state index is 5.76. The van der Waals surface area contributed by atoms with Gasteiger partial charge in [0.25, 0.3) is 0 Å². The zero-order chi connectivity index (χ0) is 18.4. The third kappa shape index (κ3) is 5.79. The fourth-order valence-corrected chi connectivity index (χ4v) is 3.09. The standard InChI is InChI=1S/C16H20N4OS.C3H6S/c1-22-11-14-10-15(20-6-8-21-9-7-20)19-16(18-14)12-2-4-13(17)5-3-12;4-3-1-2-3/h2-5,10H,6-9,11,17H2,1H3;3-4H,1-2H2. The third-order valence-corrected chi connectivity index (χ3v) is 5.21. The molecule has 2 aliphatic rings.